The number of amides is 1. The molecule has 0 aromatic heterocycles. The fourth-order valence-electron chi connectivity index (χ4n) is 3.72. The molecule has 2 aliphatic heterocycles. The summed E-state index contributed by atoms with van der Waals surface area (Å²) in [5, 5.41) is 0. The van der Waals surface area contributed by atoms with Crippen molar-refractivity contribution in [1.29, 1.82) is 0 Å². The Bertz CT molecular complexity index is 769. The molecule has 0 saturated carbocycles. The lowest BCUT2D eigenvalue weighted by Gasteiger charge is -2.39. The van der Waals surface area contributed by atoms with Crippen LogP contribution in [0.4, 0.5) is 8.78 Å². The van der Waals surface area contributed by atoms with Gasteiger partial charge < -0.3 is 4.90 Å². The minimum Gasteiger partial charge on any atom is -0.341 e. The van der Waals surface area contributed by atoms with Gasteiger partial charge in [-0.25, -0.2) is 17.2 Å². The average Bonchev–Trinajstić information content (AvgIpc) is 2.67. The van der Waals surface area contributed by atoms with Gasteiger partial charge in [-0.1, -0.05) is 6.07 Å². The summed E-state index contributed by atoms with van der Waals surface area (Å²) in [4.78, 5) is 15.5. The zero-order chi connectivity index (χ0) is 19.6. The molecule has 2 heterocycles. The summed E-state index contributed by atoms with van der Waals surface area (Å²) in [5.41, 5.74) is 0. The molecule has 1 aromatic rings. The third-order valence-electron chi connectivity index (χ3n) is 5.36. The van der Waals surface area contributed by atoms with Gasteiger partial charge in [0.2, 0.25) is 15.9 Å². The lowest BCUT2D eigenvalue weighted by atomic mass is 10.1. The van der Waals surface area contributed by atoms with Crippen LogP contribution in [0.15, 0.2) is 23.1 Å². The molecular formula is C18H25F2N3O3S. The van der Waals surface area contributed by atoms with Crippen molar-refractivity contribution in [2.45, 2.75) is 37.1 Å². The largest absolute Gasteiger partial charge is 0.341 e. The number of hydrogen-bond donors (Lipinski definition) is 0. The van der Waals surface area contributed by atoms with Gasteiger partial charge in [-0.05, 0) is 38.3 Å². The Morgan fingerprint density at radius 2 is 1.52 bits per heavy atom. The summed E-state index contributed by atoms with van der Waals surface area (Å²) in [7, 11) is -4.25. The van der Waals surface area contributed by atoms with E-state index in [1.807, 2.05) is 16.7 Å². The summed E-state index contributed by atoms with van der Waals surface area (Å²) in [6.45, 7) is 4.24. The third kappa shape index (κ3) is 4.14. The van der Waals surface area contributed by atoms with E-state index in [-0.39, 0.29) is 25.0 Å². The normalized spacial score (nSPS) is 21.2. The molecule has 0 radical (unpaired) electrons. The Morgan fingerprint density at radius 3 is 2.07 bits per heavy atom. The standard InChI is InChI=1S/C18H25F2N3O3S/c1-14(18(24)22-8-3-2-4-9-22)21-10-12-23(13-11-21)27(25,26)17-15(19)6-5-7-16(17)20/h5-7,14H,2-4,8-13H2,1H3/t14-/m0/s1. The quantitative estimate of drug-likeness (QED) is 0.770. The Morgan fingerprint density at radius 1 is 0.963 bits per heavy atom. The predicted octanol–water partition coefficient (Wildman–Crippen LogP) is 1.67. The maximum absolute atomic E-state index is 13.9. The maximum Gasteiger partial charge on any atom is 0.249 e. The number of benzene rings is 1. The van der Waals surface area contributed by atoms with Gasteiger partial charge in [-0.2, -0.15) is 4.31 Å². The highest BCUT2D eigenvalue weighted by Crippen LogP contribution is 2.24. The van der Waals surface area contributed by atoms with Crippen LogP contribution >= 0.6 is 0 Å². The van der Waals surface area contributed by atoms with Gasteiger partial charge >= 0.3 is 0 Å². The van der Waals surface area contributed by atoms with Crippen LogP contribution in [0.5, 0.6) is 0 Å². The monoisotopic (exact) mass is 401 g/mol. The number of piperidine rings is 1. The Kier molecular flexibility index (Phi) is 6.12. The predicted molar refractivity (Wildman–Crippen MR) is 96.6 cm³/mol. The second kappa shape index (κ2) is 8.20. The van der Waals surface area contributed by atoms with Gasteiger partial charge in [0.1, 0.15) is 11.6 Å². The topological polar surface area (TPSA) is 60.9 Å². The number of sulfonamides is 1. The molecule has 1 aromatic carbocycles. The Hall–Kier alpha value is -1.58. The molecule has 0 bridgehead atoms. The van der Waals surface area contributed by atoms with Crippen molar-refractivity contribution < 1.29 is 22.0 Å². The molecule has 1 amide bonds. The van der Waals surface area contributed by atoms with Gasteiger partial charge in [0.15, 0.2) is 4.90 Å². The maximum atomic E-state index is 13.9. The first kappa shape index (κ1) is 20.2. The van der Waals surface area contributed by atoms with Crippen molar-refractivity contribution in [3.8, 4) is 0 Å². The number of nitrogens with zero attached hydrogens (tertiary/aromatic N) is 3. The Balaban J connectivity index is 1.65. The summed E-state index contributed by atoms with van der Waals surface area (Å²) < 4.78 is 54.2. The highest BCUT2D eigenvalue weighted by Gasteiger charge is 2.35. The minimum atomic E-state index is -4.25. The van der Waals surface area contributed by atoms with Crippen molar-refractivity contribution in [3.05, 3.63) is 29.8 Å². The van der Waals surface area contributed by atoms with Crippen molar-refractivity contribution in [1.82, 2.24) is 14.1 Å². The van der Waals surface area contributed by atoms with Gasteiger partial charge in [-0.3, -0.25) is 9.69 Å². The Labute approximate surface area is 158 Å². The fourth-order valence-corrected chi connectivity index (χ4v) is 5.26. The molecule has 3 rings (SSSR count). The molecule has 0 spiro atoms. The molecule has 2 fully saturated rings. The number of carbonyl (C=O) groups excluding carboxylic acids is 1. The van der Waals surface area contributed by atoms with Crippen LogP contribution in [-0.2, 0) is 14.8 Å². The van der Waals surface area contributed by atoms with E-state index in [2.05, 4.69) is 0 Å². The summed E-state index contributed by atoms with van der Waals surface area (Å²) in [6, 6.07) is 2.67. The molecule has 6 nitrogen and oxygen atoms in total. The average molecular weight is 401 g/mol. The number of rotatable bonds is 4. The van der Waals surface area contributed by atoms with E-state index in [1.165, 1.54) is 0 Å². The lowest BCUT2D eigenvalue weighted by Crippen LogP contribution is -2.56. The van der Waals surface area contributed by atoms with Crippen LogP contribution in [0.1, 0.15) is 26.2 Å². The molecule has 0 aliphatic carbocycles. The van der Waals surface area contributed by atoms with Crippen LogP contribution in [0, 0.1) is 11.6 Å². The second-order valence-corrected chi connectivity index (χ2v) is 8.93. The van der Waals surface area contributed by atoms with E-state index in [4.69, 9.17) is 0 Å². The highest BCUT2D eigenvalue weighted by molar-refractivity contribution is 7.89. The summed E-state index contributed by atoms with van der Waals surface area (Å²) in [5.74, 6) is -2.12. The smallest absolute Gasteiger partial charge is 0.249 e. The first-order chi connectivity index (χ1) is 12.8. The molecule has 1 atom stereocenters. The van der Waals surface area contributed by atoms with Gasteiger partial charge in [0, 0.05) is 39.3 Å². The fraction of sp³-hybridized carbons (Fsp3) is 0.611. The van der Waals surface area contributed by atoms with Gasteiger partial charge in [0.05, 0.1) is 6.04 Å². The third-order valence-corrected chi connectivity index (χ3v) is 7.31. The number of piperazine rings is 1. The summed E-state index contributed by atoms with van der Waals surface area (Å²) >= 11 is 0. The summed E-state index contributed by atoms with van der Waals surface area (Å²) in [6.07, 6.45) is 3.17. The van der Waals surface area contributed by atoms with Crippen molar-refractivity contribution in [2.24, 2.45) is 0 Å². The molecule has 0 N–H and O–H groups in total. The molecule has 9 heteroatoms. The van der Waals surface area contributed by atoms with Crippen molar-refractivity contribution in [3.63, 3.8) is 0 Å². The van der Waals surface area contributed by atoms with E-state index in [0.717, 1.165) is 54.9 Å². The highest BCUT2D eigenvalue weighted by atomic mass is 32.2. The van der Waals surface area contributed by atoms with Gasteiger partial charge in [-0.15, -0.1) is 0 Å². The number of likely N-dealkylation sites (tertiary alicyclic amines) is 1. The van der Waals surface area contributed by atoms with Crippen LogP contribution in [0.25, 0.3) is 0 Å². The zero-order valence-corrected chi connectivity index (χ0v) is 16.2. The van der Waals surface area contributed by atoms with Gasteiger partial charge in [0.25, 0.3) is 0 Å². The van der Waals surface area contributed by atoms with Crippen molar-refractivity contribution >= 4 is 15.9 Å². The molecule has 0 unspecified atom stereocenters. The first-order valence-electron chi connectivity index (χ1n) is 9.29. The van der Waals surface area contributed by atoms with Crippen LogP contribution in [0.3, 0.4) is 0 Å². The SMILES string of the molecule is C[C@@H](C(=O)N1CCCCC1)N1CCN(S(=O)(=O)c2c(F)cccc2F)CC1. The van der Waals surface area contributed by atoms with E-state index >= 15 is 0 Å². The first-order valence-corrected chi connectivity index (χ1v) is 10.7. The minimum absolute atomic E-state index is 0.0613. The molecule has 150 valence electrons. The van der Waals surface area contributed by atoms with Crippen LogP contribution < -0.4 is 0 Å². The molecular weight excluding hydrogens is 376 g/mol. The van der Waals surface area contributed by atoms with Crippen molar-refractivity contribution in [2.75, 3.05) is 39.3 Å². The van der Waals surface area contributed by atoms with Crippen LogP contribution in [-0.4, -0.2) is 73.7 Å². The van der Waals surface area contributed by atoms with E-state index < -0.39 is 26.6 Å². The van der Waals surface area contributed by atoms with E-state index in [0.29, 0.717) is 13.1 Å². The second-order valence-electron chi connectivity index (χ2n) is 7.05. The van der Waals surface area contributed by atoms with E-state index in [1.54, 1.807) is 0 Å². The molecule has 2 saturated heterocycles. The molecule has 2 aliphatic rings. The van der Waals surface area contributed by atoms with E-state index in [9.17, 15) is 22.0 Å². The molecule has 27 heavy (non-hydrogen) atoms. The number of carbonyl (C=O) groups is 1. The zero-order valence-electron chi connectivity index (χ0n) is 15.4. The number of hydrogen-bond acceptors (Lipinski definition) is 4. The van der Waals surface area contributed by atoms with Crippen LogP contribution in [0.2, 0.25) is 0 Å². The lowest BCUT2D eigenvalue weighted by molar-refractivity contribution is -0.137. The number of halogens is 2.